The highest BCUT2D eigenvalue weighted by atomic mass is 19.4. The molecule has 0 radical (unpaired) electrons. The van der Waals surface area contributed by atoms with Gasteiger partial charge in [0.05, 0.1) is 5.56 Å². The van der Waals surface area contributed by atoms with Crippen LogP contribution in [-0.2, 0) is 12.6 Å². The van der Waals surface area contributed by atoms with Crippen LogP contribution < -0.4 is 0 Å². The lowest BCUT2D eigenvalue weighted by atomic mass is 9.65. The van der Waals surface area contributed by atoms with Gasteiger partial charge in [-0.1, -0.05) is 6.08 Å². The maximum Gasteiger partial charge on any atom is 0.422 e. The zero-order valence-electron chi connectivity index (χ0n) is 15.9. The maximum atomic E-state index is 15.3. The van der Waals surface area contributed by atoms with Gasteiger partial charge in [-0.15, -0.1) is 6.58 Å². The number of alkyl halides is 3. The Morgan fingerprint density at radius 2 is 1.57 bits per heavy atom. The first-order chi connectivity index (χ1) is 14.1. The lowest BCUT2D eigenvalue weighted by Crippen LogP contribution is -2.28. The van der Waals surface area contributed by atoms with Crippen molar-refractivity contribution in [1.29, 1.82) is 0 Å². The van der Waals surface area contributed by atoms with Gasteiger partial charge in [0.25, 0.3) is 0 Å². The Bertz CT molecular complexity index is 983. The van der Waals surface area contributed by atoms with Crippen LogP contribution in [0.4, 0.5) is 30.7 Å². The molecule has 0 saturated heterocycles. The Balaban J connectivity index is 1.79. The van der Waals surface area contributed by atoms with Gasteiger partial charge < -0.3 is 0 Å². The first-order valence-corrected chi connectivity index (χ1v) is 9.81. The summed E-state index contributed by atoms with van der Waals surface area (Å²) >= 11 is 0. The molecular formula is C23H19F7. The third-order valence-corrected chi connectivity index (χ3v) is 6.49. The summed E-state index contributed by atoms with van der Waals surface area (Å²) in [5.74, 6) is -5.15. The summed E-state index contributed by atoms with van der Waals surface area (Å²) in [4.78, 5) is 0. The molecule has 0 nitrogen and oxygen atoms in total. The molecule has 1 saturated carbocycles. The summed E-state index contributed by atoms with van der Waals surface area (Å²) in [5, 5.41) is 0. The van der Waals surface area contributed by atoms with E-state index in [1.807, 2.05) is 6.08 Å². The van der Waals surface area contributed by atoms with Crippen molar-refractivity contribution in [3.8, 4) is 11.1 Å². The number of hydrogen-bond donors (Lipinski definition) is 0. The van der Waals surface area contributed by atoms with Gasteiger partial charge in [-0.3, -0.25) is 0 Å². The summed E-state index contributed by atoms with van der Waals surface area (Å²) in [6.07, 6.45) is 0.210. The van der Waals surface area contributed by atoms with Crippen molar-refractivity contribution < 1.29 is 30.7 Å². The van der Waals surface area contributed by atoms with E-state index in [0.29, 0.717) is 36.5 Å². The van der Waals surface area contributed by atoms with Crippen molar-refractivity contribution in [3.05, 3.63) is 70.8 Å². The molecule has 4 rings (SSSR count). The third kappa shape index (κ3) is 3.42. The van der Waals surface area contributed by atoms with Gasteiger partial charge in [-0.2, -0.15) is 13.2 Å². The summed E-state index contributed by atoms with van der Waals surface area (Å²) in [5.41, 5.74) is -2.52. The molecule has 2 aliphatic rings. The van der Waals surface area contributed by atoms with Gasteiger partial charge in [0.15, 0.2) is 0 Å². The second-order valence-corrected chi connectivity index (χ2v) is 8.14. The summed E-state index contributed by atoms with van der Waals surface area (Å²) < 4.78 is 96.5. The molecule has 0 N–H and O–H groups in total. The number of hydrogen-bond acceptors (Lipinski definition) is 0. The van der Waals surface area contributed by atoms with Crippen molar-refractivity contribution in [2.75, 3.05) is 0 Å². The molecule has 7 heteroatoms. The van der Waals surface area contributed by atoms with Gasteiger partial charge in [-0.25, -0.2) is 17.6 Å². The van der Waals surface area contributed by atoms with E-state index in [1.165, 1.54) is 6.07 Å². The van der Waals surface area contributed by atoms with Crippen LogP contribution in [0.2, 0.25) is 0 Å². The Morgan fingerprint density at radius 1 is 0.900 bits per heavy atom. The normalized spacial score (nSPS) is 23.6. The van der Waals surface area contributed by atoms with E-state index < -0.39 is 46.1 Å². The fourth-order valence-corrected chi connectivity index (χ4v) is 5.09. The van der Waals surface area contributed by atoms with Crippen LogP contribution in [0.3, 0.4) is 0 Å². The van der Waals surface area contributed by atoms with Crippen molar-refractivity contribution in [2.24, 2.45) is 11.8 Å². The second kappa shape index (κ2) is 7.43. The molecule has 30 heavy (non-hydrogen) atoms. The molecule has 1 fully saturated rings. The largest absolute Gasteiger partial charge is 0.422 e. The first-order valence-electron chi connectivity index (χ1n) is 9.81. The molecule has 0 unspecified atom stereocenters. The van der Waals surface area contributed by atoms with Crippen LogP contribution in [0.5, 0.6) is 0 Å². The smallest absolute Gasteiger partial charge is 0.206 e. The van der Waals surface area contributed by atoms with Gasteiger partial charge in [-0.05, 0) is 84.7 Å². The highest BCUT2D eigenvalue weighted by Gasteiger charge is 2.39. The molecule has 160 valence electrons. The van der Waals surface area contributed by atoms with E-state index >= 15 is 4.39 Å². The van der Waals surface area contributed by atoms with Crippen LogP contribution in [-0.4, -0.2) is 0 Å². The first kappa shape index (κ1) is 20.9. The van der Waals surface area contributed by atoms with E-state index in [-0.39, 0.29) is 17.4 Å². The van der Waals surface area contributed by atoms with Gasteiger partial charge in [0.2, 0.25) is 0 Å². The topological polar surface area (TPSA) is 0 Å². The molecule has 0 bridgehead atoms. The molecule has 0 spiro atoms. The molecule has 2 aromatic carbocycles. The Kier molecular flexibility index (Phi) is 5.19. The van der Waals surface area contributed by atoms with Crippen LogP contribution in [0.1, 0.15) is 48.3 Å². The number of rotatable bonds is 2. The number of fused-ring (bicyclic) bond motifs is 3. The molecule has 2 aromatic rings. The second-order valence-electron chi connectivity index (χ2n) is 8.14. The number of halogens is 7. The third-order valence-electron chi connectivity index (χ3n) is 6.49. The highest BCUT2D eigenvalue weighted by molar-refractivity contribution is 5.68. The SMILES string of the molecule is C=C[C@@H]1CC[C@@H]2c3cc(F)c(-c4cc(F)c(C(F)(F)F)c(F)c4)c(F)c3CC[C@@H]2C1. The van der Waals surface area contributed by atoms with Crippen LogP contribution >= 0.6 is 0 Å². The van der Waals surface area contributed by atoms with Crippen molar-refractivity contribution in [3.63, 3.8) is 0 Å². The highest BCUT2D eigenvalue weighted by Crippen LogP contribution is 2.49. The van der Waals surface area contributed by atoms with Gasteiger partial charge in [0, 0.05) is 0 Å². The number of allylic oxidation sites excluding steroid dienone is 1. The zero-order chi connectivity index (χ0) is 21.8. The zero-order valence-corrected chi connectivity index (χ0v) is 15.9. The van der Waals surface area contributed by atoms with Gasteiger partial charge in [0.1, 0.15) is 28.8 Å². The average Bonchev–Trinajstić information content (AvgIpc) is 2.65. The van der Waals surface area contributed by atoms with E-state index in [9.17, 15) is 26.3 Å². The van der Waals surface area contributed by atoms with E-state index in [2.05, 4.69) is 6.58 Å². The molecule has 0 aromatic heterocycles. The average molecular weight is 428 g/mol. The lowest BCUT2D eigenvalue weighted by molar-refractivity contribution is -0.142. The Morgan fingerprint density at radius 3 is 2.17 bits per heavy atom. The van der Waals surface area contributed by atoms with E-state index in [4.69, 9.17) is 0 Å². The quantitative estimate of drug-likeness (QED) is 0.342. The standard InChI is InChI=1S/C23H19F7/c1-2-11-3-5-14-12(7-11)4-6-15-16(14)10-17(24)20(22(15)27)13-8-18(25)21(19(26)9-13)23(28,29)30/h2,8-12,14H,1,3-7H2/t11-,12-,14+/m1/s1. The minimum Gasteiger partial charge on any atom is -0.206 e. The van der Waals surface area contributed by atoms with Crippen molar-refractivity contribution in [1.82, 2.24) is 0 Å². The molecule has 0 heterocycles. The molecule has 0 aliphatic heterocycles. The predicted molar refractivity (Wildman–Crippen MR) is 98.8 cm³/mol. The fraction of sp³-hybridized carbons (Fsp3) is 0.391. The minimum absolute atomic E-state index is 0.0101. The van der Waals surface area contributed by atoms with E-state index in [0.717, 1.165) is 19.3 Å². The summed E-state index contributed by atoms with van der Waals surface area (Å²) in [7, 11) is 0. The van der Waals surface area contributed by atoms with Gasteiger partial charge >= 0.3 is 6.18 Å². The van der Waals surface area contributed by atoms with Crippen molar-refractivity contribution >= 4 is 0 Å². The monoisotopic (exact) mass is 428 g/mol. The Hall–Kier alpha value is -2.31. The molecule has 2 aliphatic carbocycles. The predicted octanol–water partition coefficient (Wildman–Crippen LogP) is 7.56. The van der Waals surface area contributed by atoms with Crippen molar-refractivity contribution in [2.45, 2.75) is 44.2 Å². The van der Waals surface area contributed by atoms with Crippen LogP contribution in [0.15, 0.2) is 30.9 Å². The van der Waals surface area contributed by atoms with Crippen LogP contribution in [0.25, 0.3) is 11.1 Å². The molecule has 3 atom stereocenters. The molecular weight excluding hydrogens is 409 g/mol. The maximum absolute atomic E-state index is 15.3. The summed E-state index contributed by atoms with van der Waals surface area (Å²) in [6, 6.07) is 1.85. The lowest BCUT2D eigenvalue weighted by Gasteiger charge is -2.40. The molecule has 0 amide bonds. The Labute approximate surface area is 169 Å². The number of benzene rings is 2. The van der Waals surface area contributed by atoms with Crippen LogP contribution in [0, 0.1) is 35.1 Å². The van der Waals surface area contributed by atoms with E-state index in [1.54, 1.807) is 0 Å². The summed E-state index contributed by atoms with van der Waals surface area (Å²) in [6.45, 7) is 3.82. The fourth-order valence-electron chi connectivity index (χ4n) is 5.09. The minimum atomic E-state index is -5.25.